The number of aryl methyl sites for hydroxylation is 2. The molecule has 1 aromatic heterocycles. The molecule has 2 nitrogen and oxygen atoms in total. The number of hydrogen-bond donors (Lipinski definition) is 1. The summed E-state index contributed by atoms with van der Waals surface area (Å²) in [4.78, 5) is 7.76. The van der Waals surface area contributed by atoms with Crippen LogP contribution in [0.5, 0.6) is 0 Å². The van der Waals surface area contributed by atoms with E-state index in [1.54, 1.807) is 12.1 Å². The van der Waals surface area contributed by atoms with E-state index >= 15 is 0 Å². The largest absolute Gasteiger partial charge is 0.342 e. The van der Waals surface area contributed by atoms with Gasteiger partial charge >= 0.3 is 0 Å². The zero-order valence-corrected chi connectivity index (χ0v) is 9.31. The number of nitrogens with one attached hydrogen (secondary N) is 1. The molecule has 0 bridgehead atoms. The molecule has 1 aromatic carbocycles. The van der Waals surface area contributed by atoms with Gasteiger partial charge in [0.15, 0.2) is 0 Å². The Labute approximate surface area is 97.5 Å². The first-order valence-electron chi connectivity index (χ1n) is 5.27. The van der Waals surface area contributed by atoms with E-state index in [2.05, 4.69) is 9.97 Å². The second kappa shape index (κ2) is 3.59. The van der Waals surface area contributed by atoms with Gasteiger partial charge in [-0.3, -0.25) is 0 Å². The third kappa shape index (κ3) is 1.52. The lowest BCUT2D eigenvalue weighted by atomic mass is 10.2. The molecule has 0 aliphatic heterocycles. The van der Waals surface area contributed by atoms with E-state index in [0.717, 1.165) is 29.9 Å². The fraction of sp³-hybridized carbons (Fsp3) is 0.250. The van der Waals surface area contributed by atoms with Crippen LogP contribution in [0.1, 0.15) is 17.8 Å². The van der Waals surface area contributed by atoms with Gasteiger partial charge in [-0.25, -0.2) is 9.37 Å². The van der Waals surface area contributed by atoms with Crippen molar-refractivity contribution in [3.8, 4) is 11.4 Å². The normalized spacial score (nSPS) is 14.1. The number of halogens is 2. The van der Waals surface area contributed by atoms with Crippen molar-refractivity contribution in [3.63, 3.8) is 0 Å². The molecule has 0 fully saturated rings. The van der Waals surface area contributed by atoms with Gasteiger partial charge in [-0.2, -0.15) is 0 Å². The van der Waals surface area contributed by atoms with Crippen molar-refractivity contribution in [2.75, 3.05) is 0 Å². The van der Waals surface area contributed by atoms with E-state index < -0.39 is 5.82 Å². The Hall–Kier alpha value is -1.35. The van der Waals surface area contributed by atoms with Crippen LogP contribution in [-0.2, 0) is 12.8 Å². The molecule has 2 aromatic rings. The van der Waals surface area contributed by atoms with Gasteiger partial charge in [0.2, 0.25) is 0 Å². The molecule has 4 heteroatoms. The summed E-state index contributed by atoms with van der Waals surface area (Å²) in [7, 11) is 0. The van der Waals surface area contributed by atoms with Crippen molar-refractivity contribution in [3.05, 3.63) is 40.4 Å². The molecular formula is C12H10ClFN2. The van der Waals surface area contributed by atoms with Crippen molar-refractivity contribution >= 4 is 11.6 Å². The second-order valence-electron chi connectivity index (χ2n) is 3.99. The molecule has 1 N–H and O–H groups in total. The summed E-state index contributed by atoms with van der Waals surface area (Å²) < 4.78 is 13.0. The molecule has 82 valence electrons. The Bertz CT molecular complexity index is 526. The average Bonchev–Trinajstić information content (AvgIpc) is 2.81. The molecule has 0 spiro atoms. The van der Waals surface area contributed by atoms with Crippen molar-refractivity contribution in [2.24, 2.45) is 0 Å². The molecule has 3 rings (SSSR count). The Morgan fingerprint density at radius 3 is 2.94 bits per heavy atom. The zero-order valence-electron chi connectivity index (χ0n) is 8.56. The maximum Gasteiger partial charge on any atom is 0.141 e. The van der Waals surface area contributed by atoms with Crippen LogP contribution in [0.4, 0.5) is 4.39 Å². The summed E-state index contributed by atoms with van der Waals surface area (Å²) in [5, 5.41) is 0.133. The maximum absolute atomic E-state index is 13.0. The maximum atomic E-state index is 13.0. The fourth-order valence-electron chi connectivity index (χ4n) is 2.07. The third-order valence-electron chi connectivity index (χ3n) is 2.90. The monoisotopic (exact) mass is 236 g/mol. The molecule has 0 unspecified atom stereocenters. The number of benzene rings is 1. The van der Waals surface area contributed by atoms with Crippen LogP contribution in [0.25, 0.3) is 11.4 Å². The first kappa shape index (κ1) is 9.85. The van der Waals surface area contributed by atoms with E-state index in [9.17, 15) is 4.39 Å². The van der Waals surface area contributed by atoms with Crippen molar-refractivity contribution in [1.82, 2.24) is 9.97 Å². The Balaban J connectivity index is 2.05. The van der Waals surface area contributed by atoms with Crippen molar-refractivity contribution < 1.29 is 4.39 Å². The number of hydrogen-bond acceptors (Lipinski definition) is 1. The second-order valence-corrected chi connectivity index (χ2v) is 4.40. The Kier molecular flexibility index (Phi) is 2.21. The van der Waals surface area contributed by atoms with Crippen LogP contribution in [0.15, 0.2) is 18.2 Å². The van der Waals surface area contributed by atoms with Gasteiger partial charge < -0.3 is 4.98 Å². The summed E-state index contributed by atoms with van der Waals surface area (Å²) in [6.45, 7) is 0. The number of aromatic nitrogens is 2. The first-order valence-corrected chi connectivity index (χ1v) is 5.65. The lowest BCUT2D eigenvalue weighted by molar-refractivity contribution is 0.628. The molecule has 0 saturated carbocycles. The smallest absolute Gasteiger partial charge is 0.141 e. The van der Waals surface area contributed by atoms with Crippen LogP contribution in [0.2, 0.25) is 5.02 Å². The highest BCUT2D eigenvalue weighted by Gasteiger charge is 2.16. The van der Waals surface area contributed by atoms with E-state index in [4.69, 9.17) is 11.6 Å². The average molecular weight is 237 g/mol. The quantitative estimate of drug-likeness (QED) is 0.808. The van der Waals surface area contributed by atoms with Crippen LogP contribution in [0.3, 0.4) is 0 Å². The van der Waals surface area contributed by atoms with Crippen LogP contribution < -0.4 is 0 Å². The van der Waals surface area contributed by atoms with Gasteiger partial charge in [0, 0.05) is 11.3 Å². The molecule has 1 aliphatic rings. The highest BCUT2D eigenvalue weighted by atomic mass is 35.5. The predicted molar refractivity (Wildman–Crippen MR) is 61.0 cm³/mol. The highest BCUT2D eigenvalue weighted by molar-refractivity contribution is 6.31. The molecule has 0 atom stereocenters. The lowest BCUT2D eigenvalue weighted by Gasteiger charge is -1.99. The fourth-order valence-corrected chi connectivity index (χ4v) is 2.25. The molecule has 0 saturated heterocycles. The van der Waals surface area contributed by atoms with Crippen LogP contribution in [-0.4, -0.2) is 9.97 Å². The Morgan fingerprint density at radius 1 is 1.31 bits per heavy atom. The summed E-state index contributed by atoms with van der Waals surface area (Å²) in [5.41, 5.74) is 3.17. The highest BCUT2D eigenvalue weighted by Crippen LogP contribution is 2.27. The first-order chi connectivity index (χ1) is 7.74. The topological polar surface area (TPSA) is 28.7 Å². The van der Waals surface area contributed by atoms with Crippen molar-refractivity contribution in [2.45, 2.75) is 19.3 Å². The van der Waals surface area contributed by atoms with E-state index in [0.29, 0.717) is 0 Å². The standard InChI is InChI=1S/C12H10ClFN2/c13-8-6-7(4-5-9(8)14)12-15-10-2-1-3-11(10)16-12/h4-6H,1-3H2,(H,15,16). The molecule has 16 heavy (non-hydrogen) atoms. The molecule has 0 radical (unpaired) electrons. The van der Waals surface area contributed by atoms with Crippen molar-refractivity contribution in [1.29, 1.82) is 0 Å². The summed E-state index contributed by atoms with van der Waals surface area (Å²) in [6, 6.07) is 4.66. The van der Waals surface area contributed by atoms with E-state index in [1.165, 1.54) is 18.2 Å². The number of fused-ring (bicyclic) bond motifs is 1. The summed E-state index contributed by atoms with van der Waals surface area (Å²) in [6.07, 6.45) is 3.25. The molecule has 0 amide bonds. The van der Waals surface area contributed by atoms with Gasteiger partial charge in [-0.1, -0.05) is 11.6 Å². The molecular weight excluding hydrogens is 227 g/mol. The van der Waals surface area contributed by atoms with E-state index in [1.807, 2.05) is 0 Å². The third-order valence-corrected chi connectivity index (χ3v) is 3.19. The minimum Gasteiger partial charge on any atom is -0.342 e. The number of aromatic amines is 1. The number of H-pyrrole nitrogens is 1. The summed E-state index contributed by atoms with van der Waals surface area (Å²) >= 11 is 5.74. The lowest BCUT2D eigenvalue weighted by Crippen LogP contribution is -1.85. The zero-order chi connectivity index (χ0) is 11.1. The minimum atomic E-state index is -0.399. The minimum absolute atomic E-state index is 0.133. The van der Waals surface area contributed by atoms with Gasteiger partial charge in [-0.15, -0.1) is 0 Å². The molecule has 1 heterocycles. The Morgan fingerprint density at radius 2 is 2.19 bits per heavy atom. The SMILES string of the molecule is Fc1ccc(-c2nc3c([nH]2)CCC3)cc1Cl. The van der Waals surface area contributed by atoms with Gasteiger partial charge in [0.25, 0.3) is 0 Å². The number of rotatable bonds is 1. The molecule has 1 aliphatic carbocycles. The summed E-state index contributed by atoms with van der Waals surface area (Å²) in [5.74, 6) is 0.385. The predicted octanol–water partition coefficient (Wildman–Crippen LogP) is 3.36. The number of nitrogens with zero attached hydrogens (tertiary/aromatic N) is 1. The van der Waals surface area contributed by atoms with Crippen LogP contribution >= 0.6 is 11.6 Å². The van der Waals surface area contributed by atoms with Gasteiger partial charge in [0.05, 0.1) is 10.7 Å². The van der Waals surface area contributed by atoms with Gasteiger partial charge in [0.1, 0.15) is 11.6 Å². The number of imidazole rings is 1. The van der Waals surface area contributed by atoms with Crippen LogP contribution in [0, 0.1) is 5.82 Å². The van der Waals surface area contributed by atoms with E-state index in [-0.39, 0.29) is 5.02 Å². The van der Waals surface area contributed by atoms with Gasteiger partial charge in [-0.05, 0) is 37.5 Å².